The minimum absolute atomic E-state index is 0.0433. The number of hydrogen-bond acceptors (Lipinski definition) is 4. The molecule has 20 heavy (non-hydrogen) atoms. The molecule has 0 spiro atoms. The molecule has 0 bridgehead atoms. The first-order valence-electron chi connectivity index (χ1n) is 7.76. The van der Waals surface area contributed by atoms with Gasteiger partial charge in [0.25, 0.3) is 0 Å². The van der Waals surface area contributed by atoms with Crippen molar-refractivity contribution < 1.29 is 9.90 Å². The molecule has 0 unspecified atom stereocenters. The average molecular weight is 279 g/mol. The summed E-state index contributed by atoms with van der Waals surface area (Å²) in [5.41, 5.74) is -0.626. The lowest BCUT2D eigenvalue weighted by Crippen LogP contribution is -2.52. The first-order valence-corrected chi connectivity index (χ1v) is 7.76. The fourth-order valence-electron chi connectivity index (χ4n) is 3.15. The van der Waals surface area contributed by atoms with Crippen LogP contribution >= 0.6 is 0 Å². The summed E-state index contributed by atoms with van der Waals surface area (Å²) in [6, 6.07) is 2.77. The number of aliphatic hydroxyl groups excluding tert-OH is 1. The van der Waals surface area contributed by atoms with Crippen LogP contribution in [0.5, 0.6) is 0 Å². The van der Waals surface area contributed by atoms with Gasteiger partial charge in [-0.1, -0.05) is 6.42 Å². The summed E-state index contributed by atoms with van der Waals surface area (Å²) < 4.78 is 0. The van der Waals surface area contributed by atoms with Crippen molar-refractivity contribution >= 4 is 5.91 Å². The number of carbonyl (C=O) groups is 1. The summed E-state index contributed by atoms with van der Waals surface area (Å²) in [6.45, 7) is 1.27. The Labute approximate surface area is 120 Å². The van der Waals surface area contributed by atoms with E-state index in [0.29, 0.717) is 19.0 Å². The zero-order valence-corrected chi connectivity index (χ0v) is 12.1. The lowest BCUT2D eigenvalue weighted by atomic mass is 9.91. The second kappa shape index (κ2) is 7.05. The van der Waals surface area contributed by atoms with Crippen LogP contribution in [-0.2, 0) is 4.79 Å². The predicted molar refractivity (Wildman–Crippen MR) is 75.9 cm³/mol. The Balaban J connectivity index is 1.85. The number of nitrogens with one attached hydrogen (secondary N) is 1. The highest BCUT2D eigenvalue weighted by atomic mass is 16.3. The van der Waals surface area contributed by atoms with Crippen molar-refractivity contribution in [3.05, 3.63) is 0 Å². The summed E-state index contributed by atoms with van der Waals surface area (Å²) in [5.74, 6) is -0.0433. The Kier molecular flexibility index (Phi) is 5.38. The fourth-order valence-corrected chi connectivity index (χ4v) is 3.15. The Bertz CT molecular complexity index is 368. The van der Waals surface area contributed by atoms with Crippen LogP contribution in [0.3, 0.4) is 0 Å². The van der Waals surface area contributed by atoms with Crippen LogP contribution in [0.25, 0.3) is 0 Å². The topological polar surface area (TPSA) is 76.4 Å². The average Bonchev–Trinajstić information content (AvgIpc) is 2.82. The third-order valence-corrected chi connectivity index (χ3v) is 4.59. The van der Waals surface area contributed by atoms with Crippen LogP contribution in [-0.4, -0.2) is 47.2 Å². The van der Waals surface area contributed by atoms with Crippen molar-refractivity contribution in [1.29, 1.82) is 5.26 Å². The van der Waals surface area contributed by atoms with Gasteiger partial charge in [-0.3, -0.25) is 9.69 Å². The first kappa shape index (κ1) is 15.3. The first-order chi connectivity index (χ1) is 9.69. The van der Waals surface area contributed by atoms with E-state index in [-0.39, 0.29) is 12.5 Å². The van der Waals surface area contributed by atoms with Gasteiger partial charge >= 0.3 is 0 Å². The van der Waals surface area contributed by atoms with E-state index in [1.165, 1.54) is 6.42 Å². The van der Waals surface area contributed by atoms with Crippen LogP contribution < -0.4 is 5.32 Å². The standard InChI is InChI=1S/C15H25N3O2/c16-12-15(7-1-2-8-15)17-14(20)11-18(9-4-10-19)13-5-3-6-13/h13,19H,1-11H2,(H,17,20). The molecule has 5 heteroatoms. The van der Waals surface area contributed by atoms with Crippen molar-refractivity contribution in [2.45, 2.75) is 62.9 Å². The largest absolute Gasteiger partial charge is 0.396 e. The number of aliphatic hydroxyl groups is 1. The molecule has 0 aromatic heterocycles. The molecule has 2 aliphatic carbocycles. The SMILES string of the molecule is N#CC1(NC(=O)CN(CCCO)C2CCC2)CCCC1. The quantitative estimate of drug-likeness (QED) is 0.733. The highest BCUT2D eigenvalue weighted by Crippen LogP contribution is 2.29. The highest BCUT2D eigenvalue weighted by Gasteiger charge is 2.36. The zero-order valence-electron chi connectivity index (χ0n) is 12.1. The van der Waals surface area contributed by atoms with Gasteiger partial charge in [0.15, 0.2) is 0 Å². The molecule has 2 fully saturated rings. The van der Waals surface area contributed by atoms with E-state index >= 15 is 0 Å². The van der Waals surface area contributed by atoms with E-state index in [0.717, 1.165) is 45.1 Å². The van der Waals surface area contributed by atoms with Gasteiger partial charge < -0.3 is 10.4 Å². The Morgan fingerprint density at radius 1 is 1.35 bits per heavy atom. The van der Waals surface area contributed by atoms with E-state index in [9.17, 15) is 10.1 Å². The summed E-state index contributed by atoms with van der Waals surface area (Å²) in [4.78, 5) is 14.4. The molecule has 2 aliphatic rings. The van der Waals surface area contributed by atoms with Gasteiger partial charge in [0, 0.05) is 19.2 Å². The van der Waals surface area contributed by atoms with Gasteiger partial charge in [0.05, 0.1) is 12.6 Å². The van der Waals surface area contributed by atoms with E-state index in [1.807, 2.05) is 0 Å². The molecule has 0 aromatic rings. The summed E-state index contributed by atoms with van der Waals surface area (Å²) >= 11 is 0. The molecular weight excluding hydrogens is 254 g/mol. The maximum atomic E-state index is 12.2. The van der Waals surface area contributed by atoms with Gasteiger partial charge in [-0.2, -0.15) is 5.26 Å². The number of carbonyl (C=O) groups excluding carboxylic acids is 1. The monoisotopic (exact) mass is 279 g/mol. The van der Waals surface area contributed by atoms with E-state index in [2.05, 4.69) is 16.3 Å². The molecular formula is C15H25N3O2. The summed E-state index contributed by atoms with van der Waals surface area (Å²) in [5, 5.41) is 21.2. The summed E-state index contributed by atoms with van der Waals surface area (Å²) in [7, 11) is 0. The number of rotatable bonds is 7. The number of nitriles is 1. The lowest BCUT2D eigenvalue weighted by molar-refractivity contribution is -0.124. The van der Waals surface area contributed by atoms with Gasteiger partial charge in [-0.25, -0.2) is 0 Å². The minimum Gasteiger partial charge on any atom is -0.396 e. The molecule has 1 amide bonds. The molecule has 0 heterocycles. The van der Waals surface area contributed by atoms with Crippen molar-refractivity contribution in [2.75, 3.05) is 19.7 Å². The molecule has 5 nitrogen and oxygen atoms in total. The Morgan fingerprint density at radius 3 is 2.55 bits per heavy atom. The zero-order chi connectivity index (χ0) is 14.4. The third-order valence-electron chi connectivity index (χ3n) is 4.59. The predicted octanol–water partition coefficient (Wildman–Crippen LogP) is 1.18. The van der Waals surface area contributed by atoms with Gasteiger partial charge in [0.1, 0.15) is 5.54 Å². The van der Waals surface area contributed by atoms with Crippen LogP contribution in [0, 0.1) is 11.3 Å². The Hall–Kier alpha value is -1.12. The van der Waals surface area contributed by atoms with Crippen LogP contribution in [0.2, 0.25) is 0 Å². The van der Waals surface area contributed by atoms with Crippen molar-refractivity contribution in [1.82, 2.24) is 10.2 Å². The molecule has 0 radical (unpaired) electrons. The molecule has 2 N–H and O–H groups in total. The van der Waals surface area contributed by atoms with Gasteiger partial charge in [0.2, 0.25) is 5.91 Å². The van der Waals surface area contributed by atoms with Crippen LogP contribution in [0.4, 0.5) is 0 Å². The number of hydrogen-bond donors (Lipinski definition) is 2. The molecule has 2 saturated carbocycles. The molecule has 0 aromatic carbocycles. The molecule has 0 saturated heterocycles. The normalized spacial score (nSPS) is 21.4. The minimum atomic E-state index is -0.626. The molecule has 0 aliphatic heterocycles. The molecule has 112 valence electrons. The smallest absolute Gasteiger partial charge is 0.235 e. The number of amides is 1. The number of nitrogens with zero attached hydrogens (tertiary/aromatic N) is 2. The maximum absolute atomic E-state index is 12.2. The van der Waals surface area contributed by atoms with E-state index in [4.69, 9.17) is 5.11 Å². The van der Waals surface area contributed by atoms with Crippen LogP contribution in [0.1, 0.15) is 51.4 Å². The van der Waals surface area contributed by atoms with Gasteiger partial charge in [-0.15, -0.1) is 0 Å². The van der Waals surface area contributed by atoms with E-state index in [1.54, 1.807) is 0 Å². The molecule has 2 rings (SSSR count). The van der Waals surface area contributed by atoms with Crippen molar-refractivity contribution in [3.63, 3.8) is 0 Å². The fraction of sp³-hybridized carbons (Fsp3) is 0.867. The third kappa shape index (κ3) is 3.71. The van der Waals surface area contributed by atoms with Crippen molar-refractivity contribution in [2.24, 2.45) is 0 Å². The van der Waals surface area contributed by atoms with Gasteiger partial charge in [-0.05, 0) is 44.9 Å². The van der Waals surface area contributed by atoms with Crippen molar-refractivity contribution in [3.8, 4) is 6.07 Å². The second-order valence-electron chi connectivity index (χ2n) is 6.08. The highest BCUT2D eigenvalue weighted by molar-refractivity contribution is 5.79. The second-order valence-corrected chi connectivity index (χ2v) is 6.08. The van der Waals surface area contributed by atoms with Crippen LogP contribution in [0.15, 0.2) is 0 Å². The summed E-state index contributed by atoms with van der Waals surface area (Å²) in [6.07, 6.45) is 7.79. The lowest BCUT2D eigenvalue weighted by Gasteiger charge is -2.37. The van der Waals surface area contributed by atoms with E-state index < -0.39 is 5.54 Å². The molecule has 0 atom stereocenters. The Morgan fingerprint density at radius 2 is 2.05 bits per heavy atom. The maximum Gasteiger partial charge on any atom is 0.235 e.